The second-order valence-electron chi connectivity index (χ2n) is 7.80. The molecule has 160 valence electrons. The molecule has 1 fully saturated rings. The van der Waals surface area contributed by atoms with Gasteiger partial charge in [-0.05, 0) is 24.3 Å². The van der Waals surface area contributed by atoms with Crippen LogP contribution in [0, 0.1) is 11.3 Å². The van der Waals surface area contributed by atoms with Gasteiger partial charge in [0.05, 0.1) is 37.4 Å². The van der Waals surface area contributed by atoms with Gasteiger partial charge in [0, 0.05) is 26.0 Å². The summed E-state index contributed by atoms with van der Waals surface area (Å²) in [5, 5.41) is 20.8. The van der Waals surface area contributed by atoms with Gasteiger partial charge in [0.2, 0.25) is 0 Å². The summed E-state index contributed by atoms with van der Waals surface area (Å²) in [6.07, 6.45) is 2.02. The maximum atomic E-state index is 11.0. The van der Waals surface area contributed by atoms with Crippen LogP contribution in [0.1, 0.15) is 30.3 Å². The average Bonchev–Trinajstić information content (AvgIpc) is 3.38. The van der Waals surface area contributed by atoms with E-state index >= 15 is 0 Å². The maximum absolute atomic E-state index is 11.0. The largest absolute Gasteiger partial charge is 0.506 e. The van der Waals surface area contributed by atoms with Crippen molar-refractivity contribution >= 4 is 16.6 Å². The van der Waals surface area contributed by atoms with Crippen molar-refractivity contribution in [2.24, 2.45) is 7.05 Å². The second-order valence-corrected chi connectivity index (χ2v) is 7.80. The van der Waals surface area contributed by atoms with E-state index < -0.39 is 0 Å². The van der Waals surface area contributed by atoms with E-state index in [1.165, 1.54) is 4.90 Å². The molecule has 0 spiro atoms. The Kier molecular flexibility index (Phi) is 5.83. The van der Waals surface area contributed by atoms with Crippen molar-refractivity contribution in [1.82, 2.24) is 9.55 Å². The summed E-state index contributed by atoms with van der Waals surface area (Å²) in [6, 6.07) is 15.9. The predicted octanol–water partition coefficient (Wildman–Crippen LogP) is 2.80. The molecular weight excluding hydrogens is 392 g/mol. The molecule has 2 heterocycles. The van der Waals surface area contributed by atoms with Crippen molar-refractivity contribution in [2.45, 2.75) is 18.9 Å². The smallest absolute Gasteiger partial charge is 0.169 e. The van der Waals surface area contributed by atoms with Gasteiger partial charge in [-0.25, -0.2) is 4.98 Å². The fraction of sp³-hybridized carbons (Fsp3) is 0.333. The quantitative estimate of drug-likeness (QED) is 0.474. The highest BCUT2D eigenvalue weighted by Gasteiger charge is 2.34. The SMILES string of the molecule is COc1ccc([C@H]2CCC[NH+]2C/C(O)=C(\C#N)c2nc3ccccc3n2C)c(OC)c1. The van der Waals surface area contributed by atoms with E-state index in [-0.39, 0.29) is 17.4 Å². The zero-order valence-electron chi connectivity index (χ0n) is 18.1. The van der Waals surface area contributed by atoms with Crippen LogP contribution in [0.3, 0.4) is 0 Å². The monoisotopic (exact) mass is 419 g/mol. The molecule has 7 nitrogen and oxygen atoms in total. The minimum atomic E-state index is 0.0651. The molecule has 4 rings (SSSR count). The number of likely N-dealkylation sites (tertiary alicyclic amines) is 1. The molecule has 0 saturated carbocycles. The van der Waals surface area contributed by atoms with Crippen molar-refractivity contribution < 1.29 is 19.5 Å². The summed E-state index contributed by atoms with van der Waals surface area (Å²) in [5.41, 5.74) is 3.03. The highest BCUT2D eigenvalue weighted by Crippen LogP contribution is 2.32. The number of hydrogen-bond donors (Lipinski definition) is 2. The topological polar surface area (TPSA) is 84.7 Å². The number of nitrogens with zero attached hydrogens (tertiary/aromatic N) is 3. The Bertz CT molecular complexity index is 1180. The number of hydrogen-bond acceptors (Lipinski definition) is 5. The Morgan fingerprint density at radius 2 is 2.06 bits per heavy atom. The summed E-state index contributed by atoms with van der Waals surface area (Å²) in [5.74, 6) is 2.08. The van der Waals surface area contributed by atoms with Crippen molar-refractivity contribution in [2.75, 3.05) is 27.3 Å². The highest BCUT2D eigenvalue weighted by atomic mass is 16.5. The fourth-order valence-corrected chi connectivity index (χ4v) is 4.52. The predicted molar refractivity (Wildman–Crippen MR) is 118 cm³/mol. The molecule has 0 bridgehead atoms. The molecule has 31 heavy (non-hydrogen) atoms. The van der Waals surface area contributed by atoms with E-state index in [0.717, 1.165) is 47.5 Å². The molecule has 1 aromatic heterocycles. The van der Waals surface area contributed by atoms with E-state index in [9.17, 15) is 10.4 Å². The number of benzene rings is 2. The number of aromatic nitrogens is 2. The average molecular weight is 420 g/mol. The van der Waals surface area contributed by atoms with Crippen LogP contribution < -0.4 is 14.4 Å². The van der Waals surface area contributed by atoms with Crippen LogP contribution in [0.2, 0.25) is 0 Å². The fourth-order valence-electron chi connectivity index (χ4n) is 4.52. The number of allylic oxidation sites excluding steroid dienone is 1. The minimum Gasteiger partial charge on any atom is -0.506 e. The van der Waals surface area contributed by atoms with Crippen molar-refractivity contribution in [3.63, 3.8) is 0 Å². The molecule has 2 atom stereocenters. The van der Waals surface area contributed by atoms with Gasteiger partial charge in [-0.15, -0.1) is 0 Å². The molecule has 7 heteroatoms. The molecule has 1 aliphatic rings. The summed E-state index contributed by atoms with van der Waals surface area (Å²) in [7, 11) is 5.15. The van der Waals surface area contributed by atoms with Crippen LogP contribution in [-0.2, 0) is 7.05 Å². The van der Waals surface area contributed by atoms with Crippen LogP contribution in [0.15, 0.2) is 48.2 Å². The summed E-state index contributed by atoms with van der Waals surface area (Å²) in [4.78, 5) is 5.78. The Labute approximate surface area is 181 Å². The number of methoxy groups -OCH3 is 2. The number of nitriles is 1. The number of imidazole rings is 1. The van der Waals surface area contributed by atoms with Crippen LogP contribution in [0.5, 0.6) is 11.5 Å². The van der Waals surface area contributed by atoms with Gasteiger partial charge in [0.15, 0.2) is 11.6 Å². The maximum Gasteiger partial charge on any atom is 0.169 e. The summed E-state index contributed by atoms with van der Waals surface area (Å²) in [6.45, 7) is 1.26. The van der Waals surface area contributed by atoms with Crippen LogP contribution in [-0.4, -0.2) is 42.0 Å². The summed E-state index contributed by atoms with van der Waals surface area (Å²) >= 11 is 0. The molecule has 3 aromatic rings. The third-order valence-corrected chi connectivity index (χ3v) is 6.11. The number of quaternary nitrogens is 1. The third-order valence-electron chi connectivity index (χ3n) is 6.11. The van der Waals surface area contributed by atoms with E-state index in [4.69, 9.17) is 9.47 Å². The highest BCUT2D eigenvalue weighted by molar-refractivity contribution is 5.83. The number of fused-ring (bicyclic) bond motifs is 1. The molecule has 2 N–H and O–H groups in total. The van der Waals surface area contributed by atoms with Gasteiger partial charge < -0.3 is 24.0 Å². The van der Waals surface area contributed by atoms with Gasteiger partial charge in [-0.2, -0.15) is 5.26 Å². The van der Waals surface area contributed by atoms with Gasteiger partial charge in [-0.1, -0.05) is 12.1 Å². The zero-order chi connectivity index (χ0) is 22.0. The van der Waals surface area contributed by atoms with E-state index in [0.29, 0.717) is 12.4 Å². The zero-order valence-corrected chi connectivity index (χ0v) is 18.1. The minimum absolute atomic E-state index is 0.0651. The first-order chi connectivity index (χ1) is 15.1. The first-order valence-corrected chi connectivity index (χ1v) is 10.4. The Hall–Kier alpha value is -3.50. The molecule has 1 aliphatic heterocycles. The number of ether oxygens (including phenoxy) is 2. The molecule has 1 saturated heterocycles. The number of aliphatic hydroxyl groups is 1. The van der Waals surface area contributed by atoms with Gasteiger partial charge in [0.25, 0.3) is 0 Å². The van der Waals surface area contributed by atoms with Crippen molar-refractivity contribution in [1.29, 1.82) is 5.26 Å². The Balaban J connectivity index is 1.66. The molecule has 1 unspecified atom stereocenters. The normalized spacial score (nSPS) is 19.2. The molecular formula is C24H27N4O3+. The Morgan fingerprint density at radius 3 is 2.77 bits per heavy atom. The lowest BCUT2D eigenvalue weighted by Gasteiger charge is -2.23. The molecule has 0 aliphatic carbocycles. The first kappa shape index (κ1) is 20.8. The number of nitrogens with one attached hydrogen (secondary N) is 1. The lowest BCUT2D eigenvalue weighted by molar-refractivity contribution is -0.914. The first-order valence-electron chi connectivity index (χ1n) is 10.4. The van der Waals surface area contributed by atoms with Crippen LogP contribution in [0.25, 0.3) is 16.6 Å². The second kappa shape index (κ2) is 8.70. The Morgan fingerprint density at radius 1 is 1.26 bits per heavy atom. The molecule has 2 aromatic carbocycles. The van der Waals surface area contributed by atoms with Crippen LogP contribution in [0.4, 0.5) is 0 Å². The molecule has 0 radical (unpaired) electrons. The standard InChI is InChI=1S/C24H26N4O3/c1-27-21-8-5-4-7-19(21)26-24(27)18(14-25)22(29)15-28-12-6-9-20(28)17-11-10-16(30-2)13-23(17)31-3/h4-5,7-8,10-11,13,20,29H,6,9,12,15H2,1-3H3/p+1/b22-18-/t20-/m1/s1. The van der Waals surface area contributed by atoms with Crippen molar-refractivity contribution in [3.05, 3.63) is 59.6 Å². The molecule has 0 amide bonds. The van der Waals surface area contributed by atoms with E-state index in [2.05, 4.69) is 11.1 Å². The van der Waals surface area contributed by atoms with Gasteiger partial charge in [0.1, 0.15) is 35.7 Å². The van der Waals surface area contributed by atoms with Crippen LogP contribution >= 0.6 is 0 Å². The summed E-state index contributed by atoms with van der Waals surface area (Å²) < 4.78 is 12.8. The lowest BCUT2D eigenvalue weighted by Crippen LogP contribution is -3.10. The number of para-hydroxylation sites is 2. The lowest BCUT2D eigenvalue weighted by atomic mass is 10.0. The number of aryl methyl sites for hydroxylation is 1. The number of aliphatic hydroxyl groups excluding tert-OH is 1. The van der Waals surface area contributed by atoms with Gasteiger partial charge in [-0.3, -0.25) is 0 Å². The van der Waals surface area contributed by atoms with E-state index in [1.54, 1.807) is 14.2 Å². The third kappa shape index (κ3) is 3.82. The van der Waals surface area contributed by atoms with Crippen molar-refractivity contribution in [3.8, 4) is 17.6 Å². The van der Waals surface area contributed by atoms with Gasteiger partial charge >= 0.3 is 0 Å². The van der Waals surface area contributed by atoms with E-state index in [1.807, 2.05) is 54.1 Å². The number of rotatable bonds is 6.